The minimum absolute atomic E-state index is 0.341. The minimum atomic E-state index is 0.341. The summed E-state index contributed by atoms with van der Waals surface area (Å²) in [5.41, 5.74) is 0.887. The Morgan fingerprint density at radius 3 is 1.60 bits per heavy atom. The summed E-state index contributed by atoms with van der Waals surface area (Å²) in [5, 5.41) is 5.40. The van der Waals surface area contributed by atoms with E-state index in [4.69, 9.17) is 0 Å². The standard InChI is InChI=1S/C6H6N2O2/c9-3-5-1-7-6(4-10)2-8-5/h7-8H,1-2H2. The summed E-state index contributed by atoms with van der Waals surface area (Å²) >= 11 is 0. The first-order chi connectivity index (χ1) is 4.86. The van der Waals surface area contributed by atoms with Crippen LogP contribution in [-0.4, -0.2) is 25.0 Å². The predicted molar refractivity (Wildman–Crippen MR) is 34.4 cm³/mol. The molecular weight excluding hydrogens is 132 g/mol. The second-order valence-corrected chi connectivity index (χ2v) is 1.87. The van der Waals surface area contributed by atoms with E-state index in [2.05, 4.69) is 10.6 Å². The molecule has 1 aliphatic heterocycles. The van der Waals surface area contributed by atoms with Gasteiger partial charge in [-0.15, -0.1) is 0 Å². The molecule has 10 heavy (non-hydrogen) atoms. The van der Waals surface area contributed by atoms with E-state index in [1.807, 2.05) is 0 Å². The van der Waals surface area contributed by atoms with Crippen LogP contribution in [0.3, 0.4) is 0 Å². The van der Waals surface area contributed by atoms with Crippen LogP contribution in [0.4, 0.5) is 0 Å². The molecule has 1 fully saturated rings. The van der Waals surface area contributed by atoms with E-state index in [0.717, 1.165) is 0 Å². The van der Waals surface area contributed by atoms with Gasteiger partial charge in [-0.3, -0.25) is 0 Å². The summed E-state index contributed by atoms with van der Waals surface area (Å²) in [5.74, 6) is 3.40. The molecule has 0 aliphatic carbocycles. The van der Waals surface area contributed by atoms with Gasteiger partial charge in [-0.25, -0.2) is 9.59 Å². The highest BCUT2D eigenvalue weighted by Gasteiger charge is 2.07. The quantitative estimate of drug-likeness (QED) is 0.405. The first kappa shape index (κ1) is 6.62. The van der Waals surface area contributed by atoms with Crippen LogP contribution in [0.15, 0.2) is 11.4 Å². The molecule has 1 heterocycles. The van der Waals surface area contributed by atoms with Crippen LogP contribution < -0.4 is 10.6 Å². The number of carbonyl (C=O) groups excluding carboxylic acids is 2. The summed E-state index contributed by atoms with van der Waals surface area (Å²) in [4.78, 5) is 20.0. The zero-order valence-corrected chi connectivity index (χ0v) is 5.23. The molecule has 1 rings (SSSR count). The predicted octanol–water partition coefficient (Wildman–Crippen LogP) is -1.39. The number of piperazine rings is 1. The molecule has 0 atom stereocenters. The molecule has 1 aliphatic rings. The lowest BCUT2D eigenvalue weighted by molar-refractivity contribution is 0.552. The van der Waals surface area contributed by atoms with Gasteiger partial charge in [0.25, 0.3) is 0 Å². The van der Waals surface area contributed by atoms with Gasteiger partial charge in [0.1, 0.15) is 23.3 Å². The summed E-state index contributed by atoms with van der Waals surface area (Å²) in [6.07, 6.45) is 0. The molecule has 52 valence electrons. The Kier molecular flexibility index (Phi) is 1.90. The van der Waals surface area contributed by atoms with Crippen LogP contribution in [0, 0.1) is 0 Å². The molecule has 0 aromatic rings. The van der Waals surface area contributed by atoms with Gasteiger partial charge >= 0.3 is 0 Å². The van der Waals surface area contributed by atoms with Gasteiger partial charge in [-0.2, -0.15) is 0 Å². The van der Waals surface area contributed by atoms with Crippen LogP contribution in [0.2, 0.25) is 0 Å². The van der Waals surface area contributed by atoms with Crippen molar-refractivity contribution in [2.24, 2.45) is 0 Å². The molecular formula is C6H6N2O2. The third-order valence-electron chi connectivity index (χ3n) is 1.20. The van der Waals surface area contributed by atoms with Crippen molar-refractivity contribution < 1.29 is 9.59 Å². The zero-order valence-electron chi connectivity index (χ0n) is 5.23. The van der Waals surface area contributed by atoms with Crippen molar-refractivity contribution in [3.05, 3.63) is 11.4 Å². The largest absolute Gasteiger partial charge is 0.372 e. The van der Waals surface area contributed by atoms with Gasteiger partial charge < -0.3 is 10.6 Å². The molecule has 1 saturated heterocycles. The van der Waals surface area contributed by atoms with Crippen molar-refractivity contribution in [3.8, 4) is 0 Å². The molecule has 0 radical (unpaired) electrons. The van der Waals surface area contributed by atoms with E-state index in [1.54, 1.807) is 11.9 Å². The van der Waals surface area contributed by atoms with Crippen LogP contribution in [0.25, 0.3) is 0 Å². The maximum absolute atomic E-state index is 9.98. The summed E-state index contributed by atoms with van der Waals surface area (Å²) in [6, 6.07) is 0. The highest BCUT2D eigenvalue weighted by atomic mass is 16.1. The third-order valence-corrected chi connectivity index (χ3v) is 1.20. The Morgan fingerprint density at radius 2 is 1.40 bits per heavy atom. The van der Waals surface area contributed by atoms with Crippen LogP contribution in [0.1, 0.15) is 0 Å². The Bertz CT molecular complexity index is 196. The van der Waals surface area contributed by atoms with Gasteiger partial charge in [0.05, 0.1) is 13.1 Å². The fourth-order valence-electron chi connectivity index (χ4n) is 0.660. The first-order valence-corrected chi connectivity index (χ1v) is 2.82. The van der Waals surface area contributed by atoms with Crippen LogP contribution in [0.5, 0.6) is 0 Å². The average molecular weight is 138 g/mol. The number of rotatable bonds is 0. The number of nitrogens with one attached hydrogen (secondary N) is 2. The normalized spacial score (nSPS) is 16.4. The molecule has 0 saturated carbocycles. The Hall–Kier alpha value is -1.50. The van der Waals surface area contributed by atoms with Crippen LogP contribution in [-0.2, 0) is 9.59 Å². The molecule has 4 nitrogen and oxygen atoms in total. The maximum atomic E-state index is 9.98. The topological polar surface area (TPSA) is 58.2 Å². The maximum Gasteiger partial charge on any atom is 0.147 e. The Balaban J connectivity index is 2.62. The lowest BCUT2D eigenvalue weighted by Gasteiger charge is -2.15. The third kappa shape index (κ3) is 1.26. The van der Waals surface area contributed by atoms with Crippen molar-refractivity contribution in [2.45, 2.75) is 0 Å². The fourth-order valence-corrected chi connectivity index (χ4v) is 0.660. The first-order valence-electron chi connectivity index (χ1n) is 2.82. The van der Waals surface area contributed by atoms with Crippen molar-refractivity contribution in [2.75, 3.05) is 13.1 Å². The molecule has 0 bridgehead atoms. The van der Waals surface area contributed by atoms with Gasteiger partial charge in [-0.05, 0) is 0 Å². The molecule has 0 aromatic carbocycles. The van der Waals surface area contributed by atoms with Crippen LogP contribution >= 0.6 is 0 Å². The molecule has 0 aromatic heterocycles. The van der Waals surface area contributed by atoms with E-state index < -0.39 is 0 Å². The van der Waals surface area contributed by atoms with E-state index in [9.17, 15) is 9.59 Å². The van der Waals surface area contributed by atoms with E-state index in [1.165, 1.54) is 0 Å². The zero-order chi connectivity index (χ0) is 7.40. The second-order valence-electron chi connectivity index (χ2n) is 1.87. The molecule has 0 amide bonds. The second kappa shape index (κ2) is 2.87. The Morgan fingerprint density at radius 1 is 1.00 bits per heavy atom. The number of hydrogen-bond donors (Lipinski definition) is 2. The fraction of sp³-hybridized carbons (Fsp3) is 0.333. The molecule has 0 unspecified atom stereocenters. The van der Waals surface area contributed by atoms with Gasteiger partial charge in [0.2, 0.25) is 0 Å². The highest BCUT2D eigenvalue weighted by molar-refractivity contribution is 5.57. The monoisotopic (exact) mass is 138 g/mol. The molecule has 2 N–H and O–H groups in total. The van der Waals surface area contributed by atoms with Gasteiger partial charge in [0.15, 0.2) is 0 Å². The van der Waals surface area contributed by atoms with Gasteiger partial charge in [-0.1, -0.05) is 0 Å². The number of hydrogen-bond acceptors (Lipinski definition) is 4. The highest BCUT2D eigenvalue weighted by Crippen LogP contribution is 1.91. The smallest absolute Gasteiger partial charge is 0.147 e. The van der Waals surface area contributed by atoms with Crippen molar-refractivity contribution in [1.82, 2.24) is 10.6 Å². The van der Waals surface area contributed by atoms with Crippen molar-refractivity contribution in [3.63, 3.8) is 0 Å². The van der Waals surface area contributed by atoms with Crippen molar-refractivity contribution >= 4 is 11.9 Å². The van der Waals surface area contributed by atoms with Crippen molar-refractivity contribution in [1.29, 1.82) is 0 Å². The minimum Gasteiger partial charge on any atom is -0.372 e. The summed E-state index contributed by atoms with van der Waals surface area (Å²) in [6.45, 7) is 0.683. The molecule has 0 spiro atoms. The summed E-state index contributed by atoms with van der Waals surface area (Å²) in [7, 11) is 0. The molecule has 4 heteroatoms. The Labute approximate surface area is 57.6 Å². The van der Waals surface area contributed by atoms with E-state index in [0.29, 0.717) is 24.5 Å². The average Bonchev–Trinajstić information content (AvgIpc) is 2.05. The van der Waals surface area contributed by atoms with Gasteiger partial charge in [0, 0.05) is 0 Å². The lowest BCUT2D eigenvalue weighted by atomic mass is 10.3. The SMILES string of the molecule is O=C=C1CNC(=C=O)CN1. The van der Waals surface area contributed by atoms with E-state index >= 15 is 0 Å². The summed E-state index contributed by atoms with van der Waals surface area (Å²) < 4.78 is 0. The lowest BCUT2D eigenvalue weighted by Crippen LogP contribution is -2.37. The van der Waals surface area contributed by atoms with E-state index in [-0.39, 0.29) is 0 Å².